The maximum atomic E-state index is 14.3. The number of hydrogen-bond acceptors (Lipinski definition) is 3. The Balaban J connectivity index is 1.48. The van der Waals surface area contributed by atoms with E-state index in [4.69, 9.17) is 11.6 Å². The Bertz CT molecular complexity index is 1040. The first kappa shape index (κ1) is 20.5. The van der Waals surface area contributed by atoms with Crippen LogP contribution in [-0.2, 0) is 11.3 Å². The lowest BCUT2D eigenvalue weighted by atomic mass is 9.99. The number of nitrogens with zero attached hydrogens (tertiary/aromatic N) is 2. The van der Waals surface area contributed by atoms with E-state index in [0.29, 0.717) is 31.2 Å². The summed E-state index contributed by atoms with van der Waals surface area (Å²) in [5.41, 5.74) is 3.03. The fraction of sp³-hybridized carbons (Fsp3) is 0.208. The van der Waals surface area contributed by atoms with Crippen molar-refractivity contribution in [3.63, 3.8) is 0 Å². The minimum atomic E-state index is -0.731. The van der Waals surface area contributed by atoms with Gasteiger partial charge < -0.3 is 4.90 Å². The van der Waals surface area contributed by atoms with Gasteiger partial charge in [-0.25, -0.2) is 8.78 Å². The molecule has 3 nitrogen and oxygen atoms in total. The molecule has 0 spiro atoms. The highest BCUT2D eigenvalue weighted by molar-refractivity contribution is 6.33. The molecule has 1 aliphatic rings. The van der Waals surface area contributed by atoms with Crippen LogP contribution in [0.25, 0.3) is 11.1 Å². The number of piperazine rings is 1. The van der Waals surface area contributed by atoms with Gasteiger partial charge in [-0.1, -0.05) is 54.1 Å². The second-order valence-corrected chi connectivity index (χ2v) is 7.70. The summed E-state index contributed by atoms with van der Waals surface area (Å²) in [6, 6.07) is 17.9. The quantitative estimate of drug-likeness (QED) is 0.570. The van der Waals surface area contributed by atoms with E-state index >= 15 is 0 Å². The lowest BCUT2D eigenvalue weighted by Crippen LogP contribution is -2.46. The topological polar surface area (TPSA) is 23.6 Å². The first-order chi connectivity index (χ1) is 14.6. The molecule has 6 heteroatoms. The molecule has 0 unspecified atom stereocenters. The fourth-order valence-electron chi connectivity index (χ4n) is 3.90. The lowest BCUT2D eigenvalue weighted by Gasteiger charge is -2.36. The van der Waals surface area contributed by atoms with Gasteiger partial charge in [0.05, 0.1) is 0 Å². The Kier molecular flexibility index (Phi) is 6.11. The zero-order valence-electron chi connectivity index (χ0n) is 16.2. The Morgan fingerprint density at radius 3 is 2.10 bits per heavy atom. The summed E-state index contributed by atoms with van der Waals surface area (Å²) in [6.45, 7) is 3.03. The van der Waals surface area contributed by atoms with Crippen molar-refractivity contribution in [1.29, 1.82) is 0 Å². The minimum absolute atomic E-state index is 0.0786. The van der Waals surface area contributed by atoms with Crippen molar-refractivity contribution in [2.45, 2.75) is 6.54 Å². The second kappa shape index (κ2) is 8.94. The Labute approximate surface area is 179 Å². The maximum absolute atomic E-state index is 14.3. The zero-order chi connectivity index (χ0) is 21.1. The molecule has 1 saturated heterocycles. The molecule has 0 saturated carbocycles. The van der Waals surface area contributed by atoms with Gasteiger partial charge in [-0.15, -0.1) is 0 Å². The van der Waals surface area contributed by atoms with Crippen molar-refractivity contribution in [2.75, 3.05) is 31.1 Å². The molecule has 0 aromatic heterocycles. The van der Waals surface area contributed by atoms with Crippen molar-refractivity contribution < 1.29 is 13.6 Å². The van der Waals surface area contributed by atoms with Crippen LogP contribution >= 0.6 is 11.6 Å². The maximum Gasteiger partial charge on any atom is 0.233 e. The molecule has 1 aliphatic heterocycles. The van der Waals surface area contributed by atoms with E-state index in [-0.39, 0.29) is 11.3 Å². The molecule has 0 atom stereocenters. The van der Waals surface area contributed by atoms with Crippen molar-refractivity contribution in [3.05, 3.63) is 88.4 Å². The van der Waals surface area contributed by atoms with E-state index < -0.39 is 11.6 Å². The summed E-state index contributed by atoms with van der Waals surface area (Å²) >= 11 is 6.40. The summed E-state index contributed by atoms with van der Waals surface area (Å²) in [7, 11) is 0. The summed E-state index contributed by atoms with van der Waals surface area (Å²) < 4.78 is 28.6. The van der Waals surface area contributed by atoms with E-state index in [1.807, 2.05) is 36.4 Å². The summed E-state index contributed by atoms with van der Waals surface area (Å²) in [4.78, 5) is 14.6. The van der Waals surface area contributed by atoms with Crippen LogP contribution in [0.2, 0.25) is 5.02 Å². The number of anilines is 1. The van der Waals surface area contributed by atoms with Gasteiger partial charge >= 0.3 is 0 Å². The van der Waals surface area contributed by atoms with Crippen molar-refractivity contribution in [1.82, 2.24) is 4.90 Å². The first-order valence-corrected chi connectivity index (χ1v) is 10.1. The number of halogens is 3. The fourth-order valence-corrected chi connectivity index (χ4v) is 4.14. The van der Waals surface area contributed by atoms with Crippen molar-refractivity contribution >= 4 is 23.6 Å². The molecule has 0 N–H and O–H groups in total. The van der Waals surface area contributed by atoms with Gasteiger partial charge in [0.2, 0.25) is 6.29 Å². The van der Waals surface area contributed by atoms with Gasteiger partial charge in [0, 0.05) is 48.9 Å². The van der Waals surface area contributed by atoms with Gasteiger partial charge in [-0.3, -0.25) is 9.69 Å². The predicted octanol–water partition coefficient (Wildman–Crippen LogP) is 5.07. The average Bonchev–Trinajstić information content (AvgIpc) is 2.75. The van der Waals surface area contributed by atoms with Crippen LogP contribution in [0.15, 0.2) is 60.7 Å². The molecule has 1 fully saturated rings. The highest BCUT2D eigenvalue weighted by atomic mass is 35.5. The van der Waals surface area contributed by atoms with Crippen molar-refractivity contribution in [2.24, 2.45) is 0 Å². The molecule has 153 valence electrons. The Hall–Kier alpha value is -2.76. The smallest absolute Gasteiger partial charge is 0.233 e. The highest BCUT2D eigenvalue weighted by Gasteiger charge is 2.23. The number of benzene rings is 3. The zero-order valence-corrected chi connectivity index (χ0v) is 17.0. The SMILES string of the molecule is O=[C]c1cc(F)c(N2CCN(Cc3ccccc3-c3ccccc3Cl)CC2)c(F)c1. The number of rotatable bonds is 5. The summed E-state index contributed by atoms with van der Waals surface area (Å²) in [5, 5.41) is 0.705. The van der Waals surface area contributed by atoms with Gasteiger partial charge in [0.25, 0.3) is 0 Å². The Morgan fingerprint density at radius 2 is 1.47 bits per heavy atom. The second-order valence-electron chi connectivity index (χ2n) is 7.29. The third-order valence-corrected chi connectivity index (χ3v) is 5.73. The monoisotopic (exact) mass is 425 g/mol. The third kappa shape index (κ3) is 4.23. The molecule has 3 aromatic carbocycles. The highest BCUT2D eigenvalue weighted by Crippen LogP contribution is 2.31. The largest absolute Gasteiger partial charge is 0.364 e. The summed E-state index contributed by atoms with van der Waals surface area (Å²) in [6.07, 6.45) is 1.53. The first-order valence-electron chi connectivity index (χ1n) is 9.74. The van der Waals surface area contributed by atoms with Crippen LogP contribution in [0.4, 0.5) is 14.5 Å². The normalized spacial score (nSPS) is 14.7. The van der Waals surface area contributed by atoms with E-state index in [1.165, 1.54) is 6.29 Å². The molecule has 1 radical (unpaired) electrons. The van der Waals surface area contributed by atoms with Crippen LogP contribution in [-0.4, -0.2) is 37.4 Å². The Morgan fingerprint density at radius 1 is 0.867 bits per heavy atom. The minimum Gasteiger partial charge on any atom is -0.364 e. The molecule has 3 aromatic rings. The van der Waals surface area contributed by atoms with Gasteiger partial charge in [-0.05, 0) is 29.3 Å². The molecule has 0 bridgehead atoms. The predicted molar refractivity (Wildman–Crippen MR) is 116 cm³/mol. The molecule has 0 aliphatic carbocycles. The molecular weight excluding hydrogens is 406 g/mol. The molecule has 4 rings (SSSR count). The molecule has 0 amide bonds. The molecule has 1 heterocycles. The van der Waals surface area contributed by atoms with Gasteiger partial charge in [0.15, 0.2) is 0 Å². The van der Waals surface area contributed by atoms with Crippen LogP contribution in [0.5, 0.6) is 0 Å². The van der Waals surface area contributed by atoms with Gasteiger partial charge in [0.1, 0.15) is 17.3 Å². The van der Waals surface area contributed by atoms with Crippen LogP contribution < -0.4 is 4.90 Å². The standard InChI is InChI=1S/C24H20ClF2N2O/c25-21-8-4-3-7-20(21)19-6-2-1-5-18(19)15-28-9-11-29(12-10-28)24-22(26)13-17(16-30)14-23(24)27/h1-8,13-14H,9-12,15H2. The summed E-state index contributed by atoms with van der Waals surface area (Å²) in [5.74, 6) is -1.46. The van der Waals surface area contributed by atoms with Crippen LogP contribution in [0.1, 0.15) is 11.1 Å². The third-order valence-electron chi connectivity index (χ3n) is 5.40. The van der Waals surface area contributed by atoms with Crippen molar-refractivity contribution in [3.8, 4) is 11.1 Å². The van der Waals surface area contributed by atoms with Crippen LogP contribution in [0, 0.1) is 11.6 Å². The van der Waals surface area contributed by atoms with Gasteiger partial charge in [-0.2, -0.15) is 0 Å². The lowest BCUT2D eigenvalue weighted by molar-refractivity contribution is 0.249. The van der Waals surface area contributed by atoms with E-state index in [9.17, 15) is 13.6 Å². The average molecular weight is 426 g/mol. The van der Waals surface area contributed by atoms with E-state index in [1.54, 1.807) is 4.90 Å². The van der Waals surface area contributed by atoms with Crippen LogP contribution in [0.3, 0.4) is 0 Å². The number of hydrogen-bond donors (Lipinski definition) is 0. The van der Waals surface area contributed by atoms with E-state index in [0.717, 1.165) is 35.4 Å². The van der Waals surface area contributed by atoms with E-state index in [2.05, 4.69) is 17.0 Å². The molecular formula is C24H20ClF2N2O. The number of carbonyl (C=O) groups excluding carboxylic acids is 1. The molecule has 30 heavy (non-hydrogen) atoms.